The molecule has 1 amide bonds. The Hall–Kier alpha value is -3.94. The van der Waals surface area contributed by atoms with Crippen LogP contribution >= 0.6 is 0 Å². The lowest BCUT2D eigenvalue weighted by Crippen LogP contribution is -2.32. The lowest BCUT2D eigenvalue weighted by Gasteiger charge is -2.15. The van der Waals surface area contributed by atoms with Crippen LogP contribution in [0.15, 0.2) is 83.9 Å². The van der Waals surface area contributed by atoms with Gasteiger partial charge in [0.05, 0.1) is 11.1 Å². The fraction of sp³-hybridized carbons (Fsp3) is 0.0870. The zero-order valence-electron chi connectivity index (χ0n) is 16.1. The number of carbonyl (C=O) groups is 1. The number of carbonyl (C=O) groups excluding carboxylic acids is 1. The number of fused-ring (bicyclic) bond motifs is 1. The molecule has 1 N–H and O–H groups in total. The second kappa shape index (κ2) is 8.06. The van der Waals surface area contributed by atoms with E-state index in [-0.39, 0.29) is 17.8 Å². The molecular formula is C23H16F3N3O2. The summed E-state index contributed by atoms with van der Waals surface area (Å²) in [6.45, 7) is 0.178. The number of rotatable bonds is 4. The van der Waals surface area contributed by atoms with Gasteiger partial charge in [-0.2, -0.15) is 13.2 Å². The summed E-state index contributed by atoms with van der Waals surface area (Å²) in [5, 5.41) is 3.22. The van der Waals surface area contributed by atoms with Crippen molar-refractivity contribution in [1.29, 1.82) is 0 Å². The number of benzene rings is 2. The molecule has 0 atom stereocenters. The summed E-state index contributed by atoms with van der Waals surface area (Å²) < 4.78 is 40.8. The highest BCUT2D eigenvalue weighted by Gasteiger charge is 2.30. The minimum atomic E-state index is -4.56. The maximum absolute atomic E-state index is 13.2. The van der Waals surface area contributed by atoms with Crippen molar-refractivity contribution in [2.75, 3.05) is 0 Å². The van der Waals surface area contributed by atoms with Gasteiger partial charge < -0.3 is 5.32 Å². The third-order valence-corrected chi connectivity index (χ3v) is 4.79. The quantitative estimate of drug-likeness (QED) is 0.531. The molecule has 0 unspecified atom stereocenters. The molecule has 8 heteroatoms. The number of para-hydroxylation sites is 1. The van der Waals surface area contributed by atoms with Crippen LogP contribution in [0.3, 0.4) is 0 Å². The molecule has 0 radical (unpaired) electrons. The zero-order valence-corrected chi connectivity index (χ0v) is 16.1. The highest BCUT2D eigenvalue weighted by atomic mass is 19.4. The number of hydrogen-bond acceptors (Lipinski definition) is 3. The van der Waals surface area contributed by atoms with Gasteiger partial charge in [0, 0.05) is 24.6 Å². The third kappa shape index (κ3) is 4.18. The van der Waals surface area contributed by atoms with Crippen LogP contribution < -0.4 is 10.9 Å². The number of pyridine rings is 2. The molecule has 0 aliphatic heterocycles. The Morgan fingerprint density at radius 1 is 0.968 bits per heavy atom. The molecular weight excluding hydrogens is 407 g/mol. The molecule has 156 valence electrons. The van der Waals surface area contributed by atoms with Gasteiger partial charge in [-0.05, 0) is 53.4 Å². The van der Waals surface area contributed by atoms with E-state index in [0.717, 1.165) is 22.3 Å². The number of nitrogens with zero attached hydrogens (tertiary/aromatic N) is 2. The van der Waals surface area contributed by atoms with E-state index in [1.165, 1.54) is 18.2 Å². The molecule has 0 saturated carbocycles. The van der Waals surface area contributed by atoms with Crippen molar-refractivity contribution in [3.05, 3.63) is 106 Å². The number of amides is 1. The van der Waals surface area contributed by atoms with Crippen LogP contribution in [-0.2, 0) is 12.7 Å². The van der Waals surface area contributed by atoms with Gasteiger partial charge in [0.2, 0.25) is 0 Å². The van der Waals surface area contributed by atoms with Crippen LogP contribution in [0.1, 0.15) is 21.5 Å². The highest BCUT2D eigenvalue weighted by molar-refractivity contribution is 5.97. The monoisotopic (exact) mass is 423 g/mol. The van der Waals surface area contributed by atoms with Crippen molar-refractivity contribution in [2.45, 2.75) is 12.7 Å². The number of halogens is 3. The van der Waals surface area contributed by atoms with Gasteiger partial charge in [-0.15, -0.1) is 0 Å². The number of hydrogen-bond donors (Lipinski definition) is 1. The van der Waals surface area contributed by atoms with Crippen LogP contribution in [-0.4, -0.2) is 15.5 Å². The third-order valence-electron chi connectivity index (χ3n) is 4.79. The number of aromatic nitrogens is 2. The normalized spacial score (nSPS) is 11.5. The summed E-state index contributed by atoms with van der Waals surface area (Å²) in [6, 6.07) is 16.1. The van der Waals surface area contributed by atoms with Gasteiger partial charge in [-0.3, -0.25) is 19.1 Å². The van der Waals surface area contributed by atoms with Gasteiger partial charge in [0.25, 0.3) is 11.5 Å². The second-order valence-electron chi connectivity index (χ2n) is 6.84. The van der Waals surface area contributed by atoms with Crippen LogP contribution in [0.2, 0.25) is 0 Å². The van der Waals surface area contributed by atoms with Crippen molar-refractivity contribution in [2.24, 2.45) is 0 Å². The minimum Gasteiger partial charge on any atom is -0.348 e. The Bertz CT molecular complexity index is 1320. The Kier molecular flexibility index (Phi) is 5.29. The fourth-order valence-electron chi connectivity index (χ4n) is 3.28. The molecule has 2 aromatic carbocycles. The summed E-state index contributed by atoms with van der Waals surface area (Å²) in [5.41, 5.74) is -0.524. The average molecular weight is 423 g/mol. The summed E-state index contributed by atoms with van der Waals surface area (Å²) >= 11 is 0. The smallest absolute Gasteiger partial charge is 0.348 e. The molecule has 4 rings (SSSR count). The van der Waals surface area contributed by atoms with Crippen molar-refractivity contribution < 1.29 is 18.0 Å². The zero-order chi connectivity index (χ0) is 22.0. The predicted molar refractivity (Wildman–Crippen MR) is 110 cm³/mol. The molecule has 0 bridgehead atoms. The maximum Gasteiger partial charge on any atom is 0.416 e. The van der Waals surface area contributed by atoms with Crippen LogP contribution in [0, 0.1) is 0 Å². The van der Waals surface area contributed by atoms with Crippen molar-refractivity contribution in [3.63, 3.8) is 0 Å². The topological polar surface area (TPSA) is 64.0 Å². The SMILES string of the molecule is O=C(NCc1ccncc1)c1cc2ccccc2n(-c2cccc(C(F)(F)F)c2)c1=O. The molecule has 0 aliphatic rings. The van der Waals surface area contributed by atoms with Gasteiger partial charge in [-0.1, -0.05) is 24.3 Å². The Labute approximate surface area is 174 Å². The lowest BCUT2D eigenvalue weighted by molar-refractivity contribution is -0.137. The molecule has 0 fully saturated rings. The highest BCUT2D eigenvalue weighted by Crippen LogP contribution is 2.30. The van der Waals surface area contributed by atoms with E-state index in [4.69, 9.17) is 0 Å². The van der Waals surface area contributed by atoms with E-state index in [2.05, 4.69) is 10.3 Å². The van der Waals surface area contributed by atoms with Crippen molar-refractivity contribution >= 4 is 16.8 Å². The molecule has 31 heavy (non-hydrogen) atoms. The Balaban J connectivity index is 1.82. The second-order valence-corrected chi connectivity index (χ2v) is 6.84. The summed E-state index contributed by atoms with van der Waals surface area (Å²) in [5.74, 6) is -0.617. The van der Waals surface area contributed by atoms with E-state index in [1.807, 2.05) is 0 Å². The van der Waals surface area contributed by atoms with Gasteiger partial charge in [0.15, 0.2) is 0 Å². The molecule has 2 aromatic heterocycles. The van der Waals surface area contributed by atoms with Crippen molar-refractivity contribution in [1.82, 2.24) is 14.9 Å². The number of alkyl halides is 3. The number of nitrogens with one attached hydrogen (secondary N) is 1. The Morgan fingerprint density at radius 2 is 1.71 bits per heavy atom. The predicted octanol–water partition coefficient (Wildman–Crippen LogP) is 4.33. The van der Waals surface area contributed by atoms with Crippen LogP contribution in [0.25, 0.3) is 16.6 Å². The molecule has 2 heterocycles. The molecule has 5 nitrogen and oxygen atoms in total. The summed E-state index contributed by atoms with van der Waals surface area (Å²) in [7, 11) is 0. The van der Waals surface area contributed by atoms with E-state index < -0.39 is 23.2 Å². The molecule has 0 saturated heterocycles. The molecule has 4 aromatic rings. The first-order chi connectivity index (χ1) is 14.8. The van der Waals surface area contributed by atoms with Crippen molar-refractivity contribution in [3.8, 4) is 5.69 Å². The molecule has 0 aliphatic carbocycles. The average Bonchev–Trinajstić information content (AvgIpc) is 2.77. The first kappa shape index (κ1) is 20.3. The van der Waals surface area contributed by atoms with E-state index >= 15 is 0 Å². The summed E-state index contributed by atoms with van der Waals surface area (Å²) in [6.07, 6.45) is -1.40. The fourth-order valence-corrected chi connectivity index (χ4v) is 3.28. The Morgan fingerprint density at radius 3 is 2.45 bits per heavy atom. The van der Waals surface area contributed by atoms with Gasteiger partial charge >= 0.3 is 6.18 Å². The summed E-state index contributed by atoms with van der Waals surface area (Å²) in [4.78, 5) is 29.9. The molecule has 0 spiro atoms. The van der Waals surface area contributed by atoms with Crippen LogP contribution in [0.5, 0.6) is 0 Å². The van der Waals surface area contributed by atoms with E-state index in [0.29, 0.717) is 10.9 Å². The standard InChI is InChI=1S/C23H16F3N3O2/c24-23(25,26)17-5-3-6-18(13-17)29-20-7-2-1-4-16(20)12-19(22(29)31)21(30)28-14-15-8-10-27-11-9-15/h1-13H,14H2,(H,28,30). The first-order valence-corrected chi connectivity index (χ1v) is 9.34. The largest absolute Gasteiger partial charge is 0.416 e. The van der Waals surface area contributed by atoms with Gasteiger partial charge in [0.1, 0.15) is 5.56 Å². The van der Waals surface area contributed by atoms with Crippen LogP contribution in [0.4, 0.5) is 13.2 Å². The maximum atomic E-state index is 13.2. The van der Waals surface area contributed by atoms with E-state index in [1.54, 1.807) is 48.8 Å². The van der Waals surface area contributed by atoms with E-state index in [9.17, 15) is 22.8 Å². The lowest BCUT2D eigenvalue weighted by atomic mass is 10.1. The van der Waals surface area contributed by atoms with Gasteiger partial charge in [-0.25, -0.2) is 0 Å². The first-order valence-electron chi connectivity index (χ1n) is 9.34. The minimum absolute atomic E-state index is 0.0276.